The highest BCUT2D eigenvalue weighted by atomic mass is 16.7. The zero-order valence-corrected chi connectivity index (χ0v) is 9.82. The van der Waals surface area contributed by atoms with Crippen LogP contribution in [0.5, 0.6) is 0 Å². The minimum Gasteiger partial charge on any atom is -0.355 e. The van der Waals surface area contributed by atoms with Gasteiger partial charge in [-0.1, -0.05) is 6.42 Å². The van der Waals surface area contributed by atoms with Gasteiger partial charge in [-0.15, -0.1) is 0 Å². The summed E-state index contributed by atoms with van der Waals surface area (Å²) in [7, 11) is 3.40. The Balaban J connectivity index is 2.46. The maximum atomic E-state index is 5.23. The van der Waals surface area contributed by atoms with Crippen molar-refractivity contribution in [2.75, 3.05) is 20.8 Å². The van der Waals surface area contributed by atoms with Gasteiger partial charge in [-0.3, -0.25) is 4.90 Å². The summed E-state index contributed by atoms with van der Waals surface area (Å²) >= 11 is 0. The third kappa shape index (κ3) is 2.94. The van der Waals surface area contributed by atoms with E-state index in [1.807, 2.05) is 0 Å². The number of nitrogens with zero attached hydrogens (tertiary/aromatic N) is 1. The Kier molecular flexibility index (Phi) is 4.85. The molecule has 3 heteroatoms. The highest BCUT2D eigenvalue weighted by Crippen LogP contribution is 2.22. The van der Waals surface area contributed by atoms with Crippen molar-refractivity contribution in [3.05, 3.63) is 0 Å². The van der Waals surface area contributed by atoms with Crippen LogP contribution in [-0.4, -0.2) is 44.0 Å². The summed E-state index contributed by atoms with van der Waals surface area (Å²) < 4.78 is 10.5. The van der Waals surface area contributed by atoms with E-state index in [0.717, 1.165) is 6.54 Å². The second-order valence-corrected chi connectivity index (χ2v) is 4.23. The fraction of sp³-hybridized carbons (Fsp3) is 1.00. The zero-order valence-electron chi connectivity index (χ0n) is 9.82. The first-order chi connectivity index (χ1) is 6.69. The van der Waals surface area contributed by atoms with E-state index in [1.54, 1.807) is 14.2 Å². The SMILES string of the molecule is COC(CN1[C@H](C)CCC[C@@H]1C)OC. The Morgan fingerprint density at radius 3 is 2.07 bits per heavy atom. The lowest BCUT2D eigenvalue weighted by Gasteiger charge is -2.40. The Labute approximate surface area is 87.4 Å². The van der Waals surface area contributed by atoms with Crippen molar-refractivity contribution in [2.24, 2.45) is 0 Å². The molecule has 0 spiro atoms. The lowest BCUT2D eigenvalue weighted by molar-refractivity contribution is -0.127. The molecule has 3 nitrogen and oxygen atoms in total. The van der Waals surface area contributed by atoms with E-state index in [1.165, 1.54) is 19.3 Å². The molecule has 0 aromatic carbocycles. The summed E-state index contributed by atoms with van der Waals surface area (Å²) in [6.45, 7) is 5.46. The molecule has 84 valence electrons. The average Bonchev–Trinajstić information content (AvgIpc) is 2.18. The zero-order chi connectivity index (χ0) is 10.6. The van der Waals surface area contributed by atoms with Crippen molar-refractivity contribution in [3.63, 3.8) is 0 Å². The van der Waals surface area contributed by atoms with E-state index in [-0.39, 0.29) is 6.29 Å². The first-order valence-electron chi connectivity index (χ1n) is 5.50. The molecule has 14 heavy (non-hydrogen) atoms. The van der Waals surface area contributed by atoms with E-state index < -0.39 is 0 Å². The topological polar surface area (TPSA) is 21.7 Å². The number of methoxy groups -OCH3 is 2. The number of piperidine rings is 1. The molecule has 0 aromatic rings. The van der Waals surface area contributed by atoms with Crippen LogP contribution < -0.4 is 0 Å². The Morgan fingerprint density at radius 2 is 1.64 bits per heavy atom. The van der Waals surface area contributed by atoms with E-state index in [0.29, 0.717) is 12.1 Å². The van der Waals surface area contributed by atoms with Gasteiger partial charge in [0, 0.05) is 26.3 Å². The lowest BCUT2D eigenvalue weighted by Crippen LogP contribution is -2.48. The molecule has 1 fully saturated rings. The minimum absolute atomic E-state index is 0.0852. The summed E-state index contributed by atoms with van der Waals surface area (Å²) in [5.74, 6) is 0. The smallest absolute Gasteiger partial charge is 0.169 e. The van der Waals surface area contributed by atoms with Crippen molar-refractivity contribution in [1.29, 1.82) is 0 Å². The first-order valence-corrected chi connectivity index (χ1v) is 5.50. The van der Waals surface area contributed by atoms with Crippen molar-refractivity contribution >= 4 is 0 Å². The van der Waals surface area contributed by atoms with Crippen molar-refractivity contribution in [3.8, 4) is 0 Å². The predicted molar refractivity (Wildman–Crippen MR) is 57.3 cm³/mol. The van der Waals surface area contributed by atoms with Crippen molar-refractivity contribution < 1.29 is 9.47 Å². The minimum atomic E-state index is -0.0852. The van der Waals surface area contributed by atoms with Gasteiger partial charge in [0.25, 0.3) is 0 Å². The molecule has 0 amide bonds. The van der Waals surface area contributed by atoms with Gasteiger partial charge in [-0.25, -0.2) is 0 Å². The monoisotopic (exact) mass is 201 g/mol. The summed E-state index contributed by atoms with van der Waals surface area (Å²) in [5, 5.41) is 0. The van der Waals surface area contributed by atoms with Crippen molar-refractivity contribution in [2.45, 2.75) is 51.5 Å². The van der Waals surface area contributed by atoms with Crippen LogP contribution in [0.25, 0.3) is 0 Å². The molecule has 0 unspecified atom stereocenters. The molecule has 0 N–H and O–H groups in total. The Morgan fingerprint density at radius 1 is 1.14 bits per heavy atom. The number of ether oxygens (including phenoxy) is 2. The molecule has 0 saturated carbocycles. The first kappa shape index (κ1) is 12.0. The fourth-order valence-electron chi connectivity index (χ4n) is 2.25. The van der Waals surface area contributed by atoms with Gasteiger partial charge in [0.15, 0.2) is 6.29 Å². The second kappa shape index (κ2) is 5.69. The maximum absolute atomic E-state index is 5.23. The largest absolute Gasteiger partial charge is 0.355 e. The third-order valence-corrected chi connectivity index (χ3v) is 3.26. The summed E-state index contributed by atoms with van der Waals surface area (Å²) in [6.07, 6.45) is 3.86. The lowest BCUT2D eigenvalue weighted by atomic mass is 9.97. The molecular weight excluding hydrogens is 178 g/mol. The molecule has 0 radical (unpaired) electrons. The predicted octanol–water partition coefficient (Wildman–Crippen LogP) is 1.87. The molecule has 1 aliphatic heterocycles. The standard InChI is InChI=1S/C11H23NO2/c1-9-6-5-7-10(2)12(9)8-11(13-3)14-4/h9-11H,5-8H2,1-4H3/t9-,10+. The van der Waals surface area contributed by atoms with Gasteiger partial charge in [0.05, 0.1) is 6.54 Å². The van der Waals surface area contributed by atoms with Crippen LogP contribution in [-0.2, 0) is 9.47 Å². The summed E-state index contributed by atoms with van der Waals surface area (Å²) in [6, 6.07) is 1.32. The normalized spacial score (nSPS) is 29.8. The van der Waals surface area contributed by atoms with Crippen LogP contribution in [0.4, 0.5) is 0 Å². The van der Waals surface area contributed by atoms with Gasteiger partial charge in [0.2, 0.25) is 0 Å². The fourth-order valence-corrected chi connectivity index (χ4v) is 2.25. The second-order valence-electron chi connectivity index (χ2n) is 4.23. The van der Waals surface area contributed by atoms with Gasteiger partial charge >= 0.3 is 0 Å². The number of rotatable bonds is 4. The van der Waals surface area contributed by atoms with Gasteiger partial charge in [0.1, 0.15) is 0 Å². The Hall–Kier alpha value is -0.120. The summed E-state index contributed by atoms with van der Waals surface area (Å²) in [5.41, 5.74) is 0. The molecule has 0 aliphatic carbocycles. The van der Waals surface area contributed by atoms with Crippen LogP contribution in [0.2, 0.25) is 0 Å². The molecule has 1 heterocycles. The van der Waals surface area contributed by atoms with Gasteiger partial charge < -0.3 is 9.47 Å². The molecule has 0 bridgehead atoms. The van der Waals surface area contributed by atoms with E-state index in [4.69, 9.17) is 9.47 Å². The number of hydrogen-bond acceptors (Lipinski definition) is 3. The van der Waals surface area contributed by atoms with E-state index in [9.17, 15) is 0 Å². The van der Waals surface area contributed by atoms with Crippen LogP contribution in [0.1, 0.15) is 33.1 Å². The number of hydrogen-bond donors (Lipinski definition) is 0. The van der Waals surface area contributed by atoms with Crippen LogP contribution >= 0.6 is 0 Å². The average molecular weight is 201 g/mol. The third-order valence-electron chi connectivity index (χ3n) is 3.26. The van der Waals surface area contributed by atoms with Gasteiger partial charge in [-0.05, 0) is 26.7 Å². The molecule has 0 aromatic heterocycles. The van der Waals surface area contributed by atoms with E-state index >= 15 is 0 Å². The molecule has 1 rings (SSSR count). The highest BCUT2D eigenvalue weighted by molar-refractivity contribution is 4.79. The van der Waals surface area contributed by atoms with Crippen LogP contribution in [0.15, 0.2) is 0 Å². The molecule has 2 atom stereocenters. The number of likely N-dealkylation sites (tertiary alicyclic amines) is 1. The maximum Gasteiger partial charge on any atom is 0.169 e. The van der Waals surface area contributed by atoms with Gasteiger partial charge in [-0.2, -0.15) is 0 Å². The molecule has 1 saturated heterocycles. The van der Waals surface area contributed by atoms with Crippen LogP contribution in [0, 0.1) is 0 Å². The van der Waals surface area contributed by atoms with E-state index in [2.05, 4.69) is 18.7 Å². The quantitative estimate of drug-likeness (QED) is 0.648. The molecule has 1 aliphatic rings. The Bertz CT molecular complexity index is 149. The van der Waals surface area contributed by atoms with Crippen LogP contribution in [0.3, 0.4) is 0 Å². The van der Waals surface area contributed by atoms with Crippen molar-refractivity contribution in [1.82, 2.24) is 4.90 Å². The summed E-state index contributed by atoms with van der Waals surface area (Å²) in [4.78, 5) is 2.49. The molecular formula is C11H23NO2. The highest BCUT2D eigenvalue weighted by Gasteiger charge is 2.26.